The average molecular weight is 267 g/mol. The monoisotopic (exact) mass is 267 g/mol. The number of likely N-dealkylation sites (N-methyl/N-ethyl adjacent to an activating group) is 1. The van der Waals surface area contributed by atoms with Crippen LogP contribution in [-0.2, 0) is 5.41 Å². The summed E-state index contributed by atoms with van der Waals surface area (Å²) in [6, 6.07) is 14.6. The standard InChI is InChI=1S/C17H17NO2/c1-17-12-6-4-5-7-14(12)18(2)16(17)20-15-9-8-11(19-3)10-13(15)17/h4-10,16H,1-3H3/t16-,17+/m0/s1. The molecular formula is C17H17NO2. The maximum Gasteiger partial charge on any atom is 0.185 e. The van der Waals surface area contributed by atoms with Gasteiger partial charge in [0.05, 0.1) is 12.5 Å². The van der Waals surface area contributed by atoms with E-state index < -0.39 is 0 Å². The molecule has 0 radical (unpaired) electrons. The minimum atomic E-state index is -0.144. The second kappa shape index (κ2) is 3.69. The predicted molar refractivity (Wildman–Crippen MR) is 78.7 cm³/mol. The summed E-state index contributed by atoms with van der Waals surface area (Å²) in [5.74, 6) is 1.83. The Morgan fingerprint density at radius 2 is 1.95 bits per heavy atom. The van der Waals surface area contributed by atoms with Crippen molar-refractivity contribution in [3.05, 3.63) is 53.6 Å². The molecular weight excluding hydrogens is 250 g/mol. The van der Waals surface area contributed by atoms with E-state index in [0.29, 0.717) is 0 Å². The highest BCUT2D eigenvalue weighted by Crippen LogP contribution is 2.55. The van der Waals surface area contributed by atoms with Gasteiger partial charge in [0, 0.05) is 18.3 Å². The normalized spacial score (nSPS) is 25.8. The molecule has 0 bridgehead atoms. The average Bonchev–Trinajstić information content (AvgIpc) is 2.90. The Kier molecular flexibility index (Phi) is 2.15. The first kappa shape index (κ1) is 11.6. The van der Waals surface area contributed by atoms with Crippen LogP contribution < -0.4 is 14.4 Å². The van der Waals surface area contributed by atoms with Crippen molar-refractivity contribution >= 4 is 5.69 Å². The first-order valence-electron chi connectivity index (χ1n) is 6.84. The zero-order chi connectivity index (χ0) is 13.9. The molecule has 2 heterocycles. The lowest BCUT2D eigenvalue weighted by Crippen LogP contribution is -2.41. The smallest absolute Gasteiger partial charge is 0.185 e. The van der Waals surface area contributed by atoms with Gasteiger partial charge in [-0.1, -0.05) is 18.2 Å². The van der Waals surface area contributed by atoms with E-state index in [2.05, 4.69) is 49.2 Å². The molecule has 2 atom stereocenters. The van der Waals surface area contributed by atoms with Gasteiger partial charge < -0.3 is 14.4 Å². The number of para-hydroxylation sites is 1. The summed E-state index contributed by atoms with van der Waals surface area (Å²) >= 11 is 0. The molecule has 2 aromatic rings. The zero-order valence-electron chi connectivity index (χ0n) is 11.9. The van der Waals surface area contributed by atoms with Gasteiger partial charge in [-0.2, -0.15) is 0 Å². The Morgan fingerprint density at radius 1 is 1.15 bits per heavy atom. The lowest BCUT2D eigenvalue weighted by Gasteiger charge is -2.27. The molecule has 0 saturated heterocycles. The summed E-state index contributed by atoms with van der Waals surface area (Å²) in [6.07, 6.45) is 0.0157. The molecule has 0 amide bonds. The first-order valence-corrected chi connectivity index (χ1v) is 6.84. The van der Waals surface area contributed by atoms with Gasteiger partial charge in [0.25, 0.3) is 0 Å². The Balaban J connectivity index is 1.98. The van der Waals surface area contributed by atoms with E-state index in [0.717, 1.165) is 11.5 Å². The highest BCUT2D eigenvalue weighted by Gasteiger charge is 2.54. The van der Waals surface area contributed by atoms with Crippen LogP contribution in [0.1, 0.15) is 18.1 Å². The van der Waals surface area contributed by atoms with Crippen molar-refractivity contribution in [3.63, 3.8) is 0 Å². The Hall–Kier alpha value is -2.16. The van der Waals surface area contributed by atoms with Crippen LogP contribution >= 0.6 is 0 Å². The van der Waals surface area contributed by atoms with Gasteiger partial charge in [0.2, 0.25) is 0 Å². The van der Waals surface area contributed by atoms with Crippen molar-refractivity contribution in [1.82, 2.24) is 0 Å². The van der Waals surface area contributed by atoms with E-state index in [-0.39, 0.29) is 11.6 Å². The Labute approximate surface area is 118 Å². The number of ether oxygens (including phenoxy) is 2. The molecule has 0 N–H and O–H groups in total. The number of fused-ring (bicyclic) bond motifs is 5. The maximum atomic E-state index is 6.20. The second-order valence-electron chi connectivity index (χ2n) is 5.66. The third-order valence-corrected chi connectivity index (χ3v) is 4.67. The van der Waals surface area contributed by atoms with Gasteiger partial charge in [-0.25, -0.2) is 0 Å². The summed E-state index contributed by atoms with van der Waals surface area (Å²) in [6.45, 7) is 2.26. The fourth-order valence-corrected chi connectivity index (χ4v) is 3.61. The van der Waals surface area contributed by atoms with E-state index in [1.165, 1.54) is 16.8 Å². The second-order valence-corrected chi connectivity index (χ2v) is 5.66. The third kappa shape index (κ3) is 1.20. The first-order chi connectivity index (χ1) is 9.66. The minimum absolute atomic E-state index is 0.0157. The van der Waals surface area contributed by atoms with E-state index in [1.807, 2.05) is 12.1 Å². The summed E-state index contributed by atoms with van der Waals surface area (Å²) in [5, 5.41) is 0. The van der Waals surface area contributed by atoms with Gasteiger partial charge in [0.15, 0.2) is 6.23 Å². The van der Waals surface area contributed by atoms with Crippen LogP contribution in [0, 0.1) is 0 Å². The highest BCUT2D eigenvalue weighted by molar-refractivity contribution is 5.70. The summed E-state index contributed by atoms with van der Waals surface area (Å²) in [7, 11) is 3.80. The van der Waals surface area contributed by atoms with Crippen LogP contribution in [-0.4, -0.2) is 20.4 Å². The molecule has 0 spiro atoms. The lowest BCUT2D eigenvalue weighted by molar-refractivity contribution is 0.190. The number of benzene rings is 2. The molecule has 0 saturated carbocycles. The molecule has 2 aliphatic rings. The predicted octanol–water partition coefficient (Wildman–Crippen LogP) is 3.17. The van der Waals surface area contributed by atoms with Crippen LogP contribution in [0.2, 0.25) is 0 Å². The van der Waals surface area contributed by atoms with Crippen molar-refractivity contribution in [3.8, 4) is 11.5 Å². The van der Waals surface area contributed by atoms with Gasteiger partial charge in [0.1, 0.15) is 11.5 Å². The van der Waals surface area contributed by atoms with Crippen molar-refractivity contribution in [2.45, 2.75) is 18.6 Å². The van der Waals surface area contributed by atoms with Crippen LogP contribution in [0.15, 0.2) is 42.5 Å². The highest BCUT2D eigenvalue weighted by atomic mass is 16.5. The number of hydrogen-bond donors (Lipinski definition) is 0. The zero-order valence-corrected chi connectivity index (χ0v) is 11.9. The molecule has 2 aromatic carbocycles. The molecule has 4 rings (SSSR count). The summed E-state index contributed by atoms with van der Waals surface area (Å²) < 4.78 is 11.6. The van der Waals surface area contributed by atoms with Crippen molar-refractivity contribution in [2.24, 2.45) is 0 Å². The van der Waals surface area contributed by atoms with Crippen LogP contribution in [0.4, 0.5) is 5.69 Å². The number of nitrogens with zero attached hydrogens (tertiary/aromatic N) is 1. The molecule has 0 unspecified atom stereocenters. The Morgan fingerprint density at radius 3 is 2.75 bits per heavy atom. The molecule has 3 nitrogen and oxygen atoms in total. The van der Waals surface area contributed by atoms with E-state index in [1.54, 1.807) is 7.11 Å². The lowest BCUT2D eigenvalue weighted by atomic mass is 9.77. The number of methoxy groups -OCH3 is 1. The van der Waals surface area contributed by atoms with Gasteiger partial charge in [-0.05, 0) is 36.8 Å². The van der Waals surface area contributed by atoms with E-state index in [9.17, 15) is 0 Å². The topological polar surface area (TPSA) is 21.7 Å². The largest absolute Gasteiger partial charge is 0.497 e. The van der Waals surface area contributed by atoms with Crippen LogP contribution in [0.25, 0.3) is 0 Å². The van der Waals surface area contributed by atoms with Crippen molar-refractivity contribution in [2.75, 3.05) is 19.1 Å². The van der Waals surface area contributed by atoms with Gasteiger partial charge >= 0.3 is 0 Å². The molecule has 102 valence electrons. The van der Waals surface area contributed by atoms with Crippen molar-refractivity contribution in [1.29, 1.82) is 0 Å². The van der Waals surface area contributed by atoms with Crippen LogP contribution in [0.5, 0.6) is 11.5 Å². The van der Waals surface area contributed by atoms with E-state index >= 15 is 0 Å². The molecule has 0 aromatic heterocycles. The fourth-order valence-electron chi connectivity index (χ4n) is 3.61. The number of anilines is 1. The summed E-state index contributed by atoms with van der Waals surface area (Å²) in [4.78, 5) is 2.22. The van der Waals surface area contributed by atoms with Gasteiger partial charge in [-0.3, -0.25) is 0 Å². The molecule has 0 aliphatic carbocycles. The third-order valence-electron chi connectivity index (χ3n) is 4.67. The molecule has 3 heteroatoms. The molecule has 2 aliphatic heterocycles. The molecule has 20 heavy (non-hydrogen) atoms. The SMILES string of the molecule is COc1ccc2c(c1)[C@@]1(C)c3ccccc3N(C)[C@H]1O2. The minimum Gasteiger partial charge on any atom is -0.497 e. The molecule has 0 fully saturated rings. The number of rotatable bonds is 1. The Bertz CT molecular complexity index is 697. The maximum absolute atomic E-state index is 6.20. The van der Waals surface area contributed by atoms with Gasteiger partial charge in [-0.15, -0.1) is 0 Å². The fraction of sp³-hybridized carbons (Fsp3) is 0.294. The quantitative estimate of drug-likeness (QED) is 0.792. The summed E-state index contributed by atoms with van der Waals surface area (Å²) in [5.41, 5.74) is 3.63. The van der Waals surface area contributed by atoms with E-state index in [4.69, 9.17) is 9.47 Å². The van der Waals surface area contributed by atoms with Crippen molar-refractivity contribution < 1.29 is 9.47 Å². The van der Waals surface area contributed by atoms with Crippen LogP contribution in [0.3, 0.4) is 0 Å². The number of hydrogen-bond acceptors (Lipinski definition) is 3.